The van der Waals surface area contributed by atoms with Crippen LogP contribution in [0, 0.1) is 6.92 Å². The molecule has 0 aliphatic carbocycles. The number of carboxylic acid groups (broad SMARTS) is 1. The lowest BCUT2D eigenvalue weighted by atomic mass is 9.95. The van der Waals surface area contributed by atoms with E-state index < -0.39 is 12.1 Å². The van der Waals surface area contributed by atoms with E-state index in [1.807, 2.05) is 28.9 Å². The van der Waals surface area contributed by atoms with Crippen LogP contribution >= 0.6 is 0 Å². The molecular formula is C21H22F3N3O5. The summed E-state index contributed by atoms with van der Waals surface area (Å²) < 4.78 is 37.2. The minimum Gasteiger partial charge on any atom is -0.475 e. The van der Waals surface area contributed by atoms with Gasteiger partial charge in [-0.15, -0.1) is 0 Å². The standard InChI is InChI=1S/C19H21N3O3.C2HF3O2/c1-13-4-6-17(25-13)19(24)21-10-8-16-15(21)5-7-18(23)22(16)12-14-3-2-9-20-11-14;3-2(4,5)1(6)7/h2-4,6,9,11,15-16H,5,7-8,10,12H2,1H3;(H,6,7)/t15-,16-;/m0./s1. The Hall–Kier alpha value is -3.37. The number of carbonyl (C=O) groups is 3. The first-order chi connectivity index (χ1) is 15.1. The number of alkyl halides is 3. The molecule has 0 saturated carbocycles. The van der Waals surface area contributed by atoms with Crippen molar-refractivity contribution >= 4 is 17.8 Å². The molecule has 172 valence electrons. The van der Waals surface area contributed by atoms with Crippen LogP contribution < -0.4 is 0 Å². The van der Waals surface area contributed by atoms with Gasteiger partial charge in [-0.1, -0.05) is 6.07 Å². The highest BCUT2D eigenvalue weighted by molar-refractivity contribution is 5.92. The van der Waals surface area contributed by atoms with Crippen molar-refractivity contribution in [2.24, 2.45) is 0 Å². The minimum atomic E-state index is -5.08. The van der Waals surface area contributed by atoms with Gasteiger partial charge in [-0.2, -0.15) is 13.2 Å². The van der Waals surface area contributed by atoms with E-state index in [-0.39, 0.29) is 23.9 Å². The molecule has 1 N–H and O–H groups in total. The molecule has 32 heavy (non-hydrogen) atoms. The number of furan rings is 1. The zero-order chi connectivity index (χ0) is 23.5. The number of aromatic nitrogens is 1. The maximum atomic E-state index is 12.8. The first kappa shape index (κ1) is 23.3. The second-order valence-electron chi connectivity index (χ2n) is 7.56. The third kappa shape index (κ3) is 5.27. The van der Waals surface area contributed by atoms with Crippen LogP contribution in [0.5, 0.6) is 0 Å². The van der Waals surface area contributed by atoms with Crippen LogP contribution in [-0.2, 0) is 16.1 Å². The fraction of sp³-hybridized carbons (Fsp3) is 0.429. The second-order valence-corrected chi connectivity index (χ2v) is 7.56. The van der Waals surface area contributed by atoms with E-state index in [2.05, 4.69) is 4.98 Å². The SMILES string of the molecule is Cc1ccc(C(=O)N2CC[C@H]3[C@@H]2CCC(=O)N3Cc2cccnc2)o1.O=C(O)C(F)(F)F. The largest absolute Gasteiger partial charge is 0.490 e. The van der Waals surface area contributed by atoms with Crippen LogP contribution in [0.3, 0.4) is 0 Å². The van der Waals surface area contributed by atoms with Crippen LogP contribution in [0.4, 0.5) is 13.2 Å². The van der Waals surface area contributed by atoms with Crippen molar-refractivity contribution in [1.82, 2.24) is 14.8 Å². The number of amides is 2. The van der Waals surface area contributed by atoms with Gasteiger partial charge in [0.15, 0.2) is 5.76 Å². The number of rotatable bonds is 3. The molecule has 0 spiro atoms. The molecule has 8 nitrogen and oxygen atoms in total. The molecule has 2 aliphatic rings. The molecule has 0 radical (unpaired) electrons. The van der Waals surface area contributed by atoms with Gasteiger partial charge in [0.1, 0.15) is 5.76 Å². The third-order valence-corrected chi connectivity index (χ3v) is 5.42. The molecule has 0 bridgehead atoms. The van der Waals surface area contributed by atoms with Gasteiger partial charge in [-0.25, -0.2) is 4.79 Å². The van der Waals surface area contributed by atoms with Crippen molar-refractivity contribution < 1.29 is 37.1 Å². The Bertz CT molecular complexity index is 977. The number of pyridine rings is 1. The summed E-state index contributed by atoms with van der Waals surface area (Å²) in [7, 11) is 0. The fourth-order valence-corrected chi connectivity index (χ4v) is 3.99. The Labute approximate surface area is 181 Å². The van der Waals surface area contributed by atoms with Crippen molar-refractivity contribution in [2.75, 3.05) is 6.54 Å². The van der Waals surface area contributed by atoms with Gasteiger partial charge in [0, 0.05) is 31.9 Å². The van der Waals surface area contributed by atoms with E-state index in [0.29, 0.717) is 25.3 Å². The maximum absolute atomic E-state index is 12.8. The van der Waals surface area contributed by atoms with Crippen LogP contribution in [0.2, 0.25) is 0 Å². The van der Waals surface area contributed by atoms with Crippen LogP contribution in [0.25, 0.3) is 0 Å². The molecule has 2 fully saturated rings. The second kappa shape index (κ2) is 9.41. The summed E-state index contributed by atoms with van der Waals surface area (Å²) in [6.07, 6.45) is 0.439. The first-order valence-electron chi connectivity index (χ1n) is 9.94. The molecule has 2 aliphatic heterocycles. The average molecular weight is 453 g/mol. The Kier molecular flexibility index (Phi) is 6.85. The Morgan fingerprint density at radius 1 is 1.22 bits per heavy atom. The molecule has 0 aromatic carbocycles. The van der Waals surface area contributed by atoms with Gasteiger partial charge in [0.25, 0.3) is 5.91 Å². The highest BCUT2D eigenvalue weighted by atomic mass is 19.4. The topological polar surface area (TPSA) is 104 Å². The molecule has 11 heteroatoms. The zero-order valence-corrected chi connectivity index (χ0v) is 17.2. The van der Waals surface area contributed by atoms with Crippen molar-refractivity contribution in [3.05, 3.63) is 53.7 Å². The molecule has 4 heterocycles. The van der Waals surface area contributed by atoms with Gasteiger partial charge in [0.05, 0.1) is 12.1 Å². The highest BCUT2D eigenvalue weighted by Gasteiger charge is 2.45. The fourth-order valence-electron chi connectivity index (χ4n) is 3.99. The number of likely N-dealkylation sites (tertiary alicyclic amines) is 2. The molecule has 2 atom stereocenters. The average Bonchev–Trinajstić information content (AvgIpc) is 3.36. The van der Waals surface area contributed by atoms with Crippen LogP contribution in [-0.4, -0.2) is 62.5 Å². The van der Waals surface area contributed by atoms with Crippen LogP contribution in [0.1, 0.15) is 41.1 Å². The predicted molar refractivity (Wildman–Crippen MR) is 104 cm³/mol. The lowest BCUT2D eigenvalue weighted by molar-refractivity contribution is -0.192. The van der Waals surface area contributed by atoms with Gasteiger partial charge < -0.3 is 19.3 Å². The van der Waals surface area contributed by atoms with Gasteiger partial charge >= 0.3 is 12.1 Å². The summed E-state index contributed by atoms with van der Waals surface area (Å²) >= 11 is 0. The van der Waals surface area contributed by atoms with Crippen molar-refractivity contribution in [2.45, 2.75) is 51.0 Å². The molecule has 2 aromatic heterocycles. The smallest absolute Gasteiger partial charge is 0.475 e. The Morgan fingerprint density at radius 2 is 1.94 bits per heavy atom. The molecule has 2 aromatic rings. The van der Waals surface area contributed by atoms with E-state index in [0.717, 1.165) is 24.2 Å². The summed E-state index contributed by atoms with van der Waals surface area (Å²) in [5.41, 5.74) is 1.02. The molecule has 0 unspecified atom stereocenters. The van der Waals surface area contributed by atoms with E-state index in [9.17, 15) is 22.8 Å². The maximum Gasteiger partial charge on any atom is 0.490 e. The lowest BCUT2D eigenvalue weighted by Gasteiger charge is -2.39. The van der Waals surface area contributed by atoms with E-state index in [1.54, 1.807) is 24.5 Å². The molecular weight excluding hydrogens is 431 g/mol. The number of piperidine rings is 1. The number of nitrogens with zero attached hydrogens (tertiary/aromatic N) is 3. The molecule has 4 rings (SSSR count). The quantitative estimate of drug-likeness (QED) is 0.766. The zero-order valence-electron chi connectivity index (χ0n) is 17.2. The van der Waals surface area contributed by atoms with E-state index in [1.165, 1.54) is 0 Å². The van der Waals surface area contributed by atoms with Crippen molar-refractivity contribution in [3.63, 3.8) is 0 Å². The summed E-state index contributed by atoms with van der Waals surface area (Å²) in [4.78, 5) is 42.1. The Morgan fingerprint density at radius 3 is 2.50 bits per heavy atom. The minimum absolute atomic E-state index is 0.0623. The van der Waals surface area contributed by atoms with Gasteiger partial charge in [-0.05, 0) is 43.5 Å². The lowest BCUT2D eigenvalue weighted by Crippen LogP contribution is -2.52. The Balaban J connectivity index is 0.000000360. The normalized spacial score (nSPS) is 20.4. The van der Waals surface area contributed by atoms with Crippen molar-refractivity contribution in [3.8, 4) is 0 Å². The third-order valence-electron chi connectivity index (χ3n) is 5.42. The monoisotopic (exact) mass is 453 g/mol. The first-order valence-corrected chi connectivity index (χ1v) is 9.94. The van der Waals surface area contributed by atoms with Gasteiger partial charge in [-0.3, -0.25) is 14.6 Å². The van der Waals surface area contributed by atoms with E-state index in [4.69, 9.17) is 14.3 Å². The highest BCUT2D eigenvalue weighted by Crippen LogP contribution is 2.33. The number of carboxylic acids is 1. The number of carbonyl (C=O) groups excluding carboxylic acids is 2. The van der Waals surface area contributed by atoms with E-state index >= 15 is 0 Å². The predicted octanol–water partition coefficient (Wildman–Crippen LogP) is 3.02. The number of aryl methyl sites for hydroxylation is 1. The number of halogens is 3. The summed E-state index contributed by atoms with van der Waals surface area (Å²) in [5.74, 6) is -1.55. The van der Waals surface area contributed by atoms with Crippen molar-refractivity contribution in [1.29, 1.82) is 0 Å². The number of aliphatic carboxylic acids is 1. The molecule has 2 saturated heterocycles. The number of hydrogen-bond acceptors (Lipinski definition) is 5. The van der Waals surface area contributed by atoms with Gasteiger partial charge in [0.2, 0.25) is 5.91 Å². The number of fused-ring (bicyclic) bond motifs is 1. The summed E-state index contributed by atoms with van der Waals surface area (Å²) in [6.45, 7) is 3.04. The summed E-state index contributed by atoms with van der Waals surface area (Å²) in [5, 5.41) is 7.12. The number of hydrogen-bond donors (Lipinski definition) is 1. The molecule has 2 amide bonds. The van der Waals surface area contributed by atoms with Crippen LogP contribution in [0.15, 0.2) is 41.1 Å². The summed E-state index contributed by atoms with van der Waals surface area (Å²) in [6, 6.07) is 7.53.